The van der Waals surface area contributed by atoms with Crippen LogP contribution in [0.4, 0.5) is 4.79 Å². The van der Waals surface area contributed by atoms with Crippen molar-refractivity contribution in [3.63, 3.8) is 0 Å². The number of benzene rings is 2. The first kappa shape index (κ1) is 32.1. The molecule has 0 spiro atoms. The van der Waals surface area contributed by atoms with Crippen molar-refractivity contribution < 1.29 is 48.9 Å². The SMILES string of the molecule is CC1(C)S[C@@H]2[C@H](NC=O)C(=O)N2[C@@]1(NC(=O)C(NC(=O)N1CCN(Cc2cccc(O)c2O)C(=O)C1=O)c1ccccc1)C(=O)O. The number of fused-ring (bicyclic) bond motifs is 1. The summed E-state index contributed by atoms with van der Waals surface area (Å²) in [7, 11) is 0. The first-order valence-electron chi connectivity index (χ1n) is 14.0. The number of carbonyl (C=O) groups is 7. The summed E-state index contributed by atoms with van der Waals surface area (Å²) in [5.74, 6) is -6.44. The molecule has 2 aromatic rings. The molecule has 3 heterocycles. The number of aliphatic carboxylic acids is 1. The van der Waals surface area contributed by atoms with E-state index in [1.807, 2.05) is 0 Å². The van der Waals surface area contributed by atoms with Gasteiger partial charge in [0.25, 0.3) is 5.91 Å². The minimum Gasteiger partial charge on any atom is -0.504 e. The Kier molecular flexibility index (Phi) is 8.29. The van der Waals surface area contributed by atoms with Gasteiger partial charge in [0.2, 0.25) is 18.0 Å². The van der Waals surface area contributed by atoms with Crippen LogP contribution in [-0.4, -0.2) is 107 Å². The fraction of sp³-hybridized carbons (Fsp3) is 0.345. The Hall–Kier alpha value is -5.32. The number of hydrogen-bond acceptors (Lipinski definition) is 10. The van der Waals surface area contributed by atoms with Gasteiger partial charge in [-0.15, -0.1) is 11.8 Å². The van der Waals surface area contributed by atoms with Crippen molar-refractivity contribution in [2.24, 2.45) is 0 Å². The highest BCUT2D eigenvalue weighted by atomic mass is 32.2. The van der Waals surface area contributed by atoms with Gasteiger partial charge in [0.05, 0.1) is 4.75 Å². The molecular formula is C29H30N6O10S. The number of urea groups is 1. The van der Waals surface area contributed by atoms with Crippen LogP contribution in [0.1, 0.15) is 31.0 Å². The van der Waals surface area contributed by atoms with Gasteiger partial charge in [0, 0.05) is 25.2 Å². The Morgan fingerprint density at radius 3 is 2.37 bits per heavy atom. The molecule has 17 heteroatoms. The molecular weight excluding hydrogens is 624 g/mol. The number of nitrogens with zero attached hydrogens (tertiary/aromatic N) is 3. The predicted molar refractivity (Wildman–Crippen MR) is 158 cm³/mol. The monoisotopic (exact) mass is 654 g/mol. The predicted octanol–water partition coefficient (Wildman–Crippen LogP) is -0.575. The fourth-order valence-corrected chi connectivity index (χ4v) is 7.51. The molecule has 7 amide bonds. The molecule has 3 fully saturated rings. The minimum absolute atomic E-state index is 0.128. The maximum absolute atomic E-state index is 13.9. The molecule has 0 aliphatic carbocycles. The van der Waals surface area contributed by atoms with Crippen LogP contribution in [-0.2, 0) is 35.3 Å². The van der Waals surface area contributed by atoms with E-state index in [4.69, 9.17) is 0 Å². The van der Waals surface area contributed by atoms with Gasteiger partial charge in [-0.2, -0.15) is 0 Å². The van der Waals surface area contributed by atoms with E-state index in [9.17, 15) is 48.9 Å². The fourth-order valence-electron chi connectivity index (χ4n) is 5.80. The number of thioether (sulfide) groups is 1. The quantitative estimate of drug-likeness (QED) is 0.0868. The van der Waals surface area contributed by atoms with E-state index >= 15 is 0 Å². The lowest BCUT2D eigenvalue weighted by atomic mass is 9.88. The number of phenols is 2. The zero-order valence-electron chi connectivity index (χ0n) is 24.5. The van der Waals surface area contributed by atoms with Gasteiger partial charge >= 0.3 is 23.8 Å². The molecule has 16 nitrogen and oxygen atoms in total. The highest BCUT2D eigenvalue weighted by Gasteiger charge is 2.74. The van der Waals surface area contributed by atoms with Gasteiger partial charge in [-0.1, -0.05) is 42.5 Å². The van der Waals surface area contributed by atoms with E-state index < -0.39 is 75.0 Å². The Bertz CT molecular complexity index is 1640. The van der Waals surface area contributed by atoms with Gasteiger partial charge in [-0.3, -0.25) is 33.8 Å². The lowest BCUT2D eigenvalue weighted by molar-refractivity contribution is -0.176. The smallest absolute Gasteiger partial charge is 0.352 e. The largest absolute Gasteiger partial charge is 0.504 e. The standard InChI is InChI=1S/C29H30N6O10S/c1-28(2)29(26(43)44,35-22(40)19(30-14-36)25(35)46-28)32-21(39)18(15-7-4-3-5-8-15)31-27(45)34-12-11-33(23(41)24(34)42)13-16-9-6-10-17(37)20(16)38/h3-10,14,18-19,25,37-38H,11-13H2,1-2H3,(H,30,36)(H,31,45)(H,32,39)(H,43,44)/t18?,19-,25-,29+/m1/s1. The number of rotatable bonds is 9. The second-order valence-corrected chi connectivity index (χ2v) is 13.0. The summed E-state index contributed by atoms with van der Waals surface area (Å²) in [6.07, 6.45) is 0.329. The van der Waals surface area contributed by atoms with Crippen LogP contribution in [0.3, 0.4) is 0 Å². The van der Waals surface area contributed by atoms with Crippen LogP contribution in [0.15, 0.2) is 48.5 Å². The summed E-state index contributed by atoms with van der Waals surface area (Å²) < 4.78 is -1.32. The molecule has 3 aliphatic rings. The molecule has 0 bridgehead atoms. The molecule has 1 unspecified atom stereocenters. The van der Waals surface area contributed by atoms with Crippen molar-refractivity contribution in [2.45, 2.75) is 48.3 Å². The molecule has 2 aromatic carbocycles. The summed E-state index contributed by atoms with van der Waals surface area (Å²) in [4.78, 5) is 92.9. The Morgan fingerprint density at radius 2 is 1.72 bits per heavy atom. The lowest BCUT2D eigenvalue weighted by Crippen LogP contribution is -2.80. The molecule has 0 saturated carbocycles. The van der Waals surface area contributed by atoms with Crippen molar-refractivity contribution in [3.8, 4) is 11.5 Å². The van der Waals surface area contributed by atoms with Crippen LogP contribution in [0.2, 0.25) is 0 Å². The third kappa shape index (κ3) is 5.11. The minimum atomic E-state index is -2.29. The van der Waals surface area contributed by atoms with E-state index in [0.29, 0.717) is 11.3 Å². The molecule has 3 saturated heterocycles. The van der Waals surface area contributed by atoms with Gasteiger partial charge in [-0.05, 0) is 25.5 Å². The van der Waals surface area contributed by atoms with Crippen molar-refractivity contribution in [1.82, 2.24) is 30.7 Å². The normalized spacial score (nSPS) is 24.0. The summed E-state index contributed by atoms with van der Waals surface area (Å²) in [5.41, 5.74) is -1.90. The number of β-lactam (4-membered cyclic amide) rings is 1. The van der Waals surface area contributed by atoms with E-state index in [0.717, 1.165) is 21.6 Å². The Balaban J connectivity index is 1.37. The van der Waals surface area contributed by atoms with Crippen molar-refractivity contribution in [1.29, 1.82) is 0 Å². The number of amides is 7. The van der Waals surface area contributed by atoms with Crippen molar-refractivity contribution in [2.75, 3.05) is 13.1 Å². The second kappa shape index (κ2) is 11.9. The summed E-state index contributed by atoms with van der Waals surface area (Å²) >= 11 is 1.07. The van der Waals surface area contributed by atoms with Crippen LogP contribution >= 0.6 is 11.8 Å². The molecule has 4 atom stereocenters. The number of aromatic hydroxyl groups is 2. The average molecular weight is 655 g/mol. The van der Waals surface area contributed by atoms with Crippen molar-refractivity contribution >= 4 is 53.8 Å². The number of carboxylic acids is 1. The third-order valence-corrected chi connectivity index (χ3v) is 9.84. The number of piperazine rings is 1. The molecule has 3 aliphatic heterocycles. The van der Waals surface area contributed by atoms with Crippen LogP contribution < -0.4 is 16.0 Å². The summed E-state index contributed by atoms with van der Waals surface area (Å²) in [6, 6.07) is 8.23. The van der Waals surface area contributed by atoms with E-state index in [1.165, 1.54) is 44.2 Å². The third-order valence-electron chi connectivity index (χ3n) is 8.23. The highest BCUT2D eigenvalue weighted by molar-refractivity contribution is 8.01. The first-order valence-corrected chi connectivity index (χ1v) is 14.8. The van der Waals surface area contributed by atoms with Crippen LogP contribution in [0.25, 0.3) is 0 Å². The molecule has 46 heavy (non-hydrogen) atoms. The zero-order valence-corrected chi connectivity index (χ0v) is 25.3. The number of phenolic OH excluding ortho intramolecular Hbond substituents is 2. The number of imide groups is 1. The maximum Gasteiger partial charge on any atom is 0.352 e. The van der Waals surface area contributed by atoms with E-state index in [1.54, 1.807) is 18.2 Å². The maximum atomic E-state index is 13.9. The molecule has 242 valence electrons. The number of nitrogens with one attached hydrogen (secondary N) is 3. The van der Waals surface area contributed by atoms with Gasteiger partial charge in [0.1, 0.15) is 17.5 Å². The molecule has 6 N–H and O–H groups in total. The number of carboxylic acid groups (broad SMARTS) is 1. The number of para-hydroxylation sites is 1. The van der Waals surface area contributed by atoms with Gasteiger partial charge in [0.15, 0.2) is 11.5 Å². The van der Waals surface area contributed by atoms with E-state index in [-0.39, 0.29) is 30.8 Å². The Labute approximate surface area is 265 Å². The number of hydrogen-bond donors (Lipinski definition) is 6. The lowest BCUT2D eigenvalue weighted by Gasteiger charge is -2.49. The Morgan fingerprint density at radius 1 is 1.02 bits per heavy atom. The molecule has 0 aromatic heterocycles. The highest BCUT2D eigenvalue weighted by Crippen LogP contribution is 2.55. The van der Waals surface area contributed by atoms with E-state index in [2.05, 4.69) is 16.0 Å². The second-order valence-electron chi connectivity index (χ2n) is 11.3. The average Bonchev–Trinajstić information content (AvgIpc) is 3.23. The zero-order chi connectivity index (χ0) is 33.6. The van der Waals surface area contributed by atoms with Crippen molar-refractivity contribution in [3.05, 3.63) is 59.7 Å². The topological polar surface area (TPSA) is 226 Å². The number of carbonyl (C=O) groups excluding carboxylic acids is 6. The summed E-state index contributed by atoms with van der Waals surface area (Å²) in [6.45, 7) is 2.41. The van der Waals surface area contributed by atoms with Gasteiger partial charge < -0.3 is 36.2 Å². The summed E-state index contributed by atoms with van der Waals surface area (Å²) in [5, 5.41) is 36.7. The molecule has 5 rings (SSSR count). The van der Waals surface area contributed by atoms with Gasteiger partial charge in [-0.25, -0.2) is 9.59 Å². The first-order chi connectivity index (χ1) is 21.7. The molecule has 0 radical (unpaired) electrons. The van der Waals surface area contributed by atoms with Crippen LogP contribution in [0, 0.1) is 0 Å². The van der Waals surface area contributed by atoms with Crippen LogP contribution in [0.5, 0.6) is 11.5 Å².